The third kappa shape index (κ3) is 9.48. The van der Waals surface area contributed by atoms with E-state index in [0.717, 1.165) is 0 Å². The zero-order valence-corrected chi connectivity index (χ0v) is 8.55. The second kappa shape index (κ2) is 10.5. The molecule has 1 aliphatic carbocycles. The van der Waals surface area contributed by atoms with Crippen molar-refractivity contribution in [2.45, 2.75) is 52.4 Å². The van der Waals surface area contributed by atoms with E-state index in [4.69, 9.17) is 0 Å². The monoisotopic (exact) mass is 166 g/mol. The van der Waals surface area contributed by atoms with Crippen LogP contribution in [0.25, 0.3) is 0 Å². The van der Waals surface area contributed by atoms with Gasteiger partial charge < -0.3 is 0 Å². The first-order chi connectivity index (χ1) is 5.91. The molecule has 0 radical (unpaired) electrons. The van der Waals surface area contributed by atoms with E-state index in [1.165, 1.54) is 38.5 Å². The van der Waals surface area contributed by atoms with Gasteiger partial charge in [0.05, 0.1) is 0 Å². The number of hydrogen-bond acceptors (Lipinski definition) is 0. The van der Waals surface area contributed by atoms with E-state index < -0.39 is 0 Å². The van der Waals surface area contributed by atoms with E-state index in [-0.39, 0.29) is 0 Å². The van der Waals surface area contributed by atoms with Gasteiger partial charge in [0.1, 0.15) is 0 Å². The molecule has 1 aliphatic rings. The molecule has 0 amide bonds. The Bertz CT molecular complexity index is 112. The lowest BCUT2D eigenvalue weighted by molar-refractivity contribution is 0.730. The molecule has 0 aromatic carbocycles. The van der Waals surface area contributed by atoms with Gasteiger partial charge in [0.25, 0.3) is 0 Å². The first kappa shape index (κ1) is 11.5. The summed E-state index contributed by atoms with van der Waals surface area (Å²) >= 11 is 0. The molecule has 0 fully saturated rings. The minimum Gasteiger partial charge on any atom is -0.0917 e. The molecule has 0 saturated carbocycles. The van der Waals surface area contributed by atoms with Crippen LogP contribution >= 0.6 is 0 Å². The Kier molecular flexibility index (Phi) is 10.0. The van der Waals surface area contributed by atoms with E-state index in [1.54, 1.807) is 0 Å². The molecule has 0 aromatic rings. The predicted molar refractivity (Wildman–Crippen MR) is 57.3 cm³/mol. The van der Waals surface area contributed by atoms with Crippen LogP contribution in [-0.4, -0.2) is 0 Å². The highest BCUT2D eigenvalue weighted by atomic mass is 13.9. The Morgan fingerprint density at radius 3 is 1.92 bits per heavy atom. The highest BCUT2D eigenvalue weighted by Gasteiger charge is 1.87. The van der Waals surface area contributed by atoms with E-state index in [9.17, 15) is 0 Å². The molecule has 1 rings (SSSR count). The maximum absolute atomic E-state index is 2.27. The average molecular weight is 166 g/mol. The molecule has 0 saturated heterocycles. The van der Waals surface area contributed by atoms with Crippen LogP contribution in [0.15, 0.2) is 24.3 Å². The molecule has 0 unspecified atom stereocenters. The number of allylic oxidation sites excluding steroid dienone is 4. The second-order valence-corrected chi connectivity index (χ2v) is 3.11. The summed E-state index contributed by atoms with van der Waals surface area (Å²) in [6.07, 6.45) is 16.8. The van der Waals surface area contributed by atoms with Gasteiger partial charge in [-0.1, -0.05) is 37.6 Å². The summed E-state index contributed by atoms with van der Waals surface area (Å²) in [7, 11) is 0. The summed E-state index contributed by atoms with van der Waals surface area (Å²) < 4.78 is 0. The lowest BCUT2D eigenvalue weighted by atomic mass is 10.1. The van der Waals surface area contributed by atoms with E-state index >= 15 is 0 Å². The van der Waals surface area contributed by atoms with Crippen LogP contribution in [0.3, 0.4) is 0 Å². The Balaban J connectivity index is 0.000000202. The van der Waals surface area contributed by atoms with Crippen molar-refractivity contribution in [1.29, 1.82) is 0 Å². The van der Waals surface area contributed by atoms with Gasteiger partial charge in [-0.3, -0.25) is 0 Å². The maximum Gasteiger partial charge on any atom is -0.0351 e. The predicted octanol–water partition coefficient (Wildman–Crippen LogP) is 4.48. The summed E-state index contributed by atoms with van der Waals surface area (Å²) in [6.45, 7) is 4.23. The van der Waals surface area contributed by atoms with Crippen LogP contribution in [0.5, 0.6) is 0 Å². The largest absolute Gasteiger partial charge is 0.0917 e. The molecule has 0 aliphatic heterocycles. The Morgan fingerprint density at radius 1 is 1.17 bits per heavy atom. The van der Waals surface area contributed by atoms with Crippen molar-refractivity contribution >= 4 is 0 Å². The molecule has 0 aromatic heterocycles. The normalized spacial score (nSPS) is 15.8. The van der Waals surface area contributed by atoms with Gasteiger partial charge in [-0.05, 0) is 39.0 Å². The standard InChI is InChI=1S/C6H10.C6H12/c1-2-4-6-5-3-1;1-3-5-6-4-2/h1-2H,3-6H2;3,5H,4,6H2,1-2H3. The minimum atomic E-state index is 1.23. The highest BCUT2D eigenvalue weighted by Crippen LogP contribution is 2.07. The molecule has 0 spiro atoms. The molecule has 12 heavy (non-hydrogen) atoms. The van der Waals surface area contributed by atoms with Crippen molar-refractivity contribution < 1.29 is 0 Å². The van der Waals surface area contributed by atoms with Gasteiger partial charge >= 0.3 is 0 Å². The van der Waals surface area contributed by atoms with E-state index in [0.29, 0.717) is 0 Å². The quantitative estimate of drug-likeness (QED) is 0.531. The molecule has 0 bridgehead atoms. The van der Waals surface area contributed by atoms with Crippen molar-refractivity contribution in [2.24, 2.45) is 0 Å². The second-order valence-electron chi connectivity index (χ2n) is 3.11. The molecule has 70 valence electrons. The van der Waals surface area contributed by atoms with E-state index in [1.807, 2.05) is 0 Å². The Hall–Kier alpha value is -0.520. The first-order valence-corrected chi connectivity index (χ1v) is 5.18. The van der Waals surface area contributed by atoms with Gasteiger partial charge in [-0.2, -0.15) is 0 Å². The van der Waals surface area contributed by atoms with Crippen LogP contribution < -0.4 is 0 Å². The molecule has 0 N–H and O–H groups in total. The SMILES string of the molecule is C1=CCCCC1.CC=CCCC. The number of rotatable bonds is 2. The van der Waals surface area contributed by atoms with Gasteiger partial charge in [-0.25, -0.2) is 0 Å². The minimum absolute atomic E-state index is 1.23. The molecular formula is C12H22. The summed E-state index contributed by atoms with van der Waals surface area (Å²) in [5.74, 6) is 0. The van der Waals surface area contributed by atoms with Crippen LogP contribution in [0.1, 0.15) is 52.4 Å². The van der Waals surface area contributed by atoms with Crippen molar-refractivity contribution in [3.63, 3.8) is 0 Å². The fourth-order valence-electron chi connectivity index (χ4n) is 1.09. The summed E-state index contributed by atoms with van der Waals surface area (Å²) in [4.78, 5) is 0. The van der Waals surface area contributed by atoms with Crippen LogP contribution in [0, 0.1) is 0 Å². The topological polar surface area (TPSA) is 0 Å². The Morgan fingerprint density at radius 2 is 1.75 bits per heavy atom. The van der Waals surface area contributed by atoms with Crippen LogP contribution in [0.2, 0.25) is 0 Å². The maximum atomic E-state index is 2.27. The van der Waals surface area contributed by atoms with Crippen molar-refractivity contribution in [1.82, 2.24) is 0 Å². The zero-order chi connectivity index (χ0) is 9.07. The van der Waals surface area contributed by atoms with Gasteiger partial charge in [-0.15, -0.1) is 0 Å². The Labute approximate surface area is 77.4 Å². The van der Waals surface area contributed by atoms with E-state index in [2.05, 4.69) is 38.2 Å². The molecule has 0 nitrogen and oxygen atoms in total. The van der Waals surface area contributed by atoms with Crippen molar-refractivity contribution in [3.8, 4) is 0 Å². The lowest BCUT2D eigenvalue weighted by Gasteiger charge is -1.97. The molecule has 0 heteroatoms. The first-order valence-electron chi connectivity index (χ1n) is 5.18. The van der Waals surface area contributed by atoms with Gasteiger partial charge in [0, 0.05) is 0 Å². The molecule has 0 heterocycles. The lowest BCUT2D eigenvalue weighted by Crippen LogP contribution is -1.77. The number of unbranched alkanes of at least 4 members (excludes halogenated alkanes) is 1. The van der Waals surface area contributed by atoms with Gasteiger partial charge in [0.15, 0.2) is 0 Å². The summed E-state index contributed by atoms with van der Waals surface area (Å²) in [5.41, 5.74) is 0. The van der Waals surface area contributed by atoms with Crippen LogP contribution in [-0.2, 0) is 0 Å². The fraction of sp³-hybridized carbons (Fsp3) is 0.667. The van der Waals surface area contributed by atoms with Crippen molar-refractivity contribution in [2.75, 3.05) is 0 Å². The highest BCUT2D eigenvalue weighted by molar-refractivity contribution is 4.85. The average Bonchev–Trinajstić information content (AvgIpc) is 2.18. The molecule has 0 atom stereocenters. The fourth-order valence-corrected chi connectivity index (χ4v) is 1.09. The van der Waals surface area contributed by atoms with Crippen LogP contribution in [0.4, 0.5) is 0 Å². The molecular weight excluding hydrogens is 144 g/mol. The summed E-state index contributed by atoms with van der Waals surface area (Å²) in [5, 5.41) is 0. The third-order valence-electron chi connectivity index (χ3n) is 1.85. The van der Waals surface area contributed by atoms with Crippen molar-refractivity contribution in [3.05, 3.63) is 24.3 Å². The smallest absolute Gasteiger partial charge is 0.0351 e. The van der Waals surface area contributed by atoms with Gasteiger partial charge in [0.2, 0.25) is 0 Å². The zero-order valence-electron chi connectivity index (χ0n) is 8.55. The third-order valence-corrected chi connectivity index (χ3v) is 1.85. The number of hydrogen-bond donors (Lipinski definition) is 0. The summed E-state index contributed by atoms with van der Waals surface area (Å²) in [6, 6.07) is 0.